The Morgan fingerprint density at radius 2 is 2.00 bits per heavy atom. The molecule has 1 amide bonds. The zero-order valence-corrected chi connectivity index (χ0v) is 16.5. The summed E-state index contributed by atoms with van der Waals surface area (Å²) < 4.78 is 7.92. The van der Waals surface area contributed by atoms with Crippen LogP contribution in [0.1, 0.15) is 45.2 Å². The Kier molecular flexibility index (Phi) is 6.47. The van der Waals surface area contributed by atoms with Crippen LogP contribution in [0.3, 0.4) is 0 Å². The molecule has 0 fully saturated rings. The van der Waals surface area contributed by atoms with Crippen LogP contribution in [0, 0.1) is 0 Å². The Morgan fingerprint density at radius 3 is 2.54 bits per heavy atom. The molecule has 1 atom stereocenters. The summed E-state index contributed by atoms with van der Waals surface area (Å²) >= 11 is 1.26. The highest BCUT2D eigenvalue weighted by Gasteiger charge is 2.20. The van der Waals surface area contributed by atoms with E-state index in [4.69, 9.17) is 10.5 Å². The number of carbonyl (C=O) groups excluding carboxylic acids is 1. The topological polar surface area (TPSA) is 83.0 Å². The maximum atomic E-state index is 11.0. The normalized spacial score (nSPS) is 12.6. The molecule has 1 heterocycles. The zero-order valence-electron chi connectivity index (χ0n) is 15.7. The molecule has 7 heteroatoms. The third-order valence-electron chi connectivity index (χ3n) is 3.80. The largest absolute Gasteiger partial charge is 0.483 e. The first-order valence-electron chi connectivity index (χ1n) is 8.44. The Balaban J connectivity index is 2.16. The van der Waals surface area contributed by atoms with E-state index in [0.29, 0.717) is 17.5 Å². The summed E-state index contributed by atoms with van der Waals surface area (Å²) in [5.74, 6) is 1.20. The summed E-state index contributed by atoms with van der Waals surface area (Å²) in [5.41, 5.74) is 6.56. The van der Waals surface area contributed by atoms with Crippen molar-refractivity contribution in [2.75, 3.05) is 5.75 Å². The molecule has 2 aromatic rings. The van der Waals surface area contributed by atoms with Gasteiger partial charge in [-0.05, 0) is 30.0 Å². The van der Waals surface area contributed by atoms with E-state index in [9.17, 15) is 4.79 Å². The second-order valence-corrected chi connectivity index (χ2v) is 7.97. The van der Waals surface area contributed by atoms with E-state index in [1.54, 1.807) is 6.08 Å². The van der Waals surface area contributed by atoms with Gasteiger partial charge in [0.15, 0.2) is 17.1 Å². The minimum Gasteiger partial charge on any atom is -0.483 e. The predicted octanol–water partition coefficient (Wildman–Crippen LogP) is 3.48. The van der Waals surface area contributed by atoms with E-state index < -0.39 is 5.91 Å². The van der Waals surface area contributed by atoms with E-state index in [-0.39, 0.29) is 17.3 Å². The number of nitrogens with two attached hydrogens (primary N) is 1. The van der Waals surface area contributed by atoms with E-state index >= 15 is 0 Å². The minimum absolute atomic E-state index is 0.0980. The summed E-state index contributed by atoms with van der Waals surface area (Å²) in [6.45, 7) is 12.7. The van der Waals surface area contributed by atoms with Gasteiger partial charge in [-0.3, -0.25) is 9.36 Å². The summed E-state index contributed by atoms with van der Waals surface area (Å²) in [5, 5.41) is 9.01. The molecule has 140 valence electrons. The van der Waals surface area contributed by atoms with Crippen LogP contribution in [0.15, 0.2) is 42.1 Å². The first-order chi connectivity index (χ1) is 12.2. The average Bonchev–Trinajstić information content (AvgIpc) is 2.96. The number of thioether (sulfide) groups is 1. The fourth-order valence-corrected chi connectivity index (χ4v) is 3.13. The fourth-order valence-electron chi connectivity index (χ4n) is 2.43. The number of hydrogen-bond donors (Lipinski definition) is 1. The molecule has 0 radical (unpaired) electrons. The lowest BCUT2D eigenvalue weighted by Crippen LogP contribution is -2.15. The van der Waals surface area contributed by atoms with Gasteiger partial charge >= 0.3 is 0 Å². The van der Waals surface area contributed by atoms with Crippen LogP contribution < -0.4 is 10.5 Å². The lowest BCUT2D eigenvalue weighted by Gasteiger charge is -2.20. The van der Waals surface area contributed by atoms with Crippen molar-refractivity contribution in [3.05, 3.63) is 48.3 Å². The van der Waals surface area contributed by atoms with Gasteiger partial charge in [0.05, 0.1) is 5.75 Å². The quantitative estimate of drug-likeness (QED) is 0.565. The predicted molar refractivity (Wildman–Crippen MR) is 104 cm³/mol. The van der Waals surface area contributed by atoms with Gasteiger partial charge in [0.2, 0.25) is 5.91 Å². The van der Waals surface area contributed by atoms with Gasteiger partial charge in [-0.15, -0.1) is 16.8 Å². The molecule has 1 aromatic heterocycles. The summed E-state index contributed by atoms with van der Waals surface area (Å²) in [6.07, 6.45) is 1.46. The molecule has 0 saturated carbocycles. The van der Waals surface area contributed by atoms with Crippen molar-refractivity contribution in [1.29, 1.82) is 0 Å². The molecule has 0 bridgehead atoms. The van der Waals surface area contributed by atoms with Gasteiger partial charge in [0.1, 0.15) is 5.75 Å². The van der Waals surface area contributed by atoms with Crippen LogP contribution in [-0.2, 0) is 16.8 Å². The first kappa shape index (κ1) is 20.0. The number of benzene rings is 1. The highest BCUT2D eigenvalue weighted by Crippen LogP contribution is 2.27. The Morgan fingerprint density at radius 1 is 1.35 bits per heavy atom. The second kappa shape index (κ2) is 8.40. The van der Waals surface area contributed by atoms with Crippen LogP contribution in [0.2, 0.25) is 0 Å². The highest BCUT2D eigenvalue weighted by molar-refractivity contribution is 7.99. The highest BCUT2D eigenvalue weighted by atomic mass is 32.2. The van der Waals surface area contributed by atoms with Gasteiger partial charge in [-0.1, -0.05) is 50.7 Å². The second-order valence-electron chi connectivity index (χ2n) is 7.03. The third kappa shape index (κ3) is 5.11. The standard InChI is InChI=1S/C19H26N4O2S/c1-6-11-23-17(21-22-18(23)26-12-16(20)24)13(2)25-15-9-7-14(8-10-15)19(3,4)5/h6-10,13H,1,11-12H2,2-5H3,(H2,20,24). The maximum Gasteiger partial charge on any atom is 0.227 e. The zero-order chi connectivity index (χ0) is 19.3. The van der Waals surface area contributed by atoms with Crippen molar-refractivity contribution in [2.45, 2.75) is 50.9 Å². The maximum absolute atomic E-state index is 11.0. The molecule has 2 rings (SSSR count). The van der Waals surface area contributed by atoms with Crippen LogP contribution in [-0.4, -0.2) is 26.4 Å². The van der Waals surface area contributed by atoms with Gasteiger partial charge in [-0.2, -0.15) is 0 Å². The van der Waals surface area contributed by atoms with Crippen LogP contribution >= 0.6 is 11.8 Å². The van der Waals surface area contributed by atoms with Crippen molar-refractivity contribution in [1.82, 2.24) is 14.8 Å². The molecule has 0 aliphatic carbocycles. The van der Waals surface area contributed by atoms with Crippen LogP contribution in [0.25, 0.3) is 0 Å². The molecular weight excluding hydrogens is 348 g/mol. The average molecular weight is 375 g/mol. The Labute approximate surface area is 158 Å². The number of hydrogen-bond acceptors (Lipinski definition) is 5. The van der Waals surface area contributed by atoms with Gasteiger partial charge < -0.3 is 10.5 Å². The summed E-state index contributed by atoms with van der Waals surface area (Å²) in [6, 6.07) is 8.08. The molecular formula is C19H26N4O2S. The number of primary amides is 1. The molecule has 0 saturated heterocycles. The van der Waals surface area contributed by atoms with Gasteiger partial charge in [0, 0.05) is 6.54 Å². The molecule has 6 nitrogen and oxygen atoms in total. The molecule has 26 heavy (non-hydrogen) atoms. The lowest BCUT2D eigenvalue weighted by molar-refractivity contribution is -0.115. The van der Waals surface area contributed by atoms with Crippen molar-refractivity contribution < 1.29 is 9.53 Å². The number of ether oxygens (including phenoxy) is 1. The van der Waals surface area contributed by atoms with E-state index in [2.05, 4.69) is 49.7 Å². The number of rotatable bonds is 8. The molecule has 0 aliphatic heterocycles. The molecule has 1 aromatic carbocycles. The first-order valence-corrected chi connectivity index (χ1v) is 9.43. The van der Waals surface area contributed by atoms with Crippen molar-refractivity contribution >= 4 is 17.7 Å². The number of aromatic nitrogens is 3. The molecule has 1 unspecified atom stereocenters. The van der Waals surface area contributed by atoms with Crippen molar-refractivity contribution in [2.24, 2.45) is 5.73 Å². The lowest BCUT2D eigenvalue weighted by atomic mass is 9.87. The smallest absolute Gasteiger partial charge is 0.227 e. The van der Waals surface area contributed by atoms with E-state index in [1.165, 1.54) is 17.3 Å². The van der Waals surface area contributed by atoms with Crippen LogP contribution in [0.4, 0.5) is 0 Å². The Hall–Kier alpha value is -2.28. The van der Waals surface area contributed by atoms with Crippen LogP contribution in [0.5, 0.6) is 5.75 Å². The third-order valence-corrected chi connectivity index (χ3v) is 4.79. The summed E-state index contributed by atoms with van der Waals surface area (Å²) in [7, 11) is 0. The molecule has 0 spiro atoms. The molecule has 2 N–H and O–H groups in total. The number of nitrogens with zero attached hydrogens (tertiary/aromatic N) is 3. The number of allylic oxidation sites excluding steroid dienone is 1. The Bertz CT molecular complexity index is 763. The van der Waals surface area contributed by atoms with E-state index in [0.717, 1.165) is 5.75 Å². The summed E-state index contributed by atoms with van der Waals surface area (Å²) in [4.78, 5) is 11.0. The minimum atomic E-state index is -0.395. The van der Waals surface area contributed by atoms with E-state index in [1.807, 2.05) is 23.6 Å². The molecule has 0 aliphatic rings. The monoisotopic (exact) mass is 374 g/mol. The van der Waals surface area contributed by atoms with Gasteiger partial charge in [0.25, 0.3) is 0 Å². The SMILES string of the molecule is C=CCn1c(SCC(N)=O)nnc1C(C)Oc1ccc(C(C)(C)C)cc1. The van der Waals surface area contributed by atoms with Crippen molar-refractivity contribution in [3.8, 4) is 5.75 Å². The number of carbonyl (C=O) groups is 1. The number of amides is 1. The fraction of sp³-hybridized carbons (Fsp3) is 0.421. The van der Waals surface area contributed by atoms with Gasteiger partial charge in [-0.25, -0.2) is 0 Å². The van der Waals surface area contributed by atoms with Crippen molar-refractivity contribution in [3.63, 3.8) is 0 Å².